The Balaban J connectivity index is 2.50. The molecule has 0 aromatic heterocycles. The largest absolute Gasteiger partial charge is 0.394 e. The monoisotopic (exact) mass is 256 g/mol. The molecule has 1 rings (SSSR count). The zero-order chi connectivity index (χ0) is 13.6. The molecule has 1 aliphatic carbocycles. The van der Waals surface area contributed by atoms with Crippen LogP contribution >= 0.6 is 0 Å². The summed E-state index contributed by atoms with van der Waals surface area (Å²) in [6.07, 6.45) is 5.51. The first-order valence-electron chi connectivity index (χ1n) is 7.23. The van der Waals surface area contributed by atoms with E-state index >= 15 is 0 Å². The van der Waals surface area contributed by atoms with Gasteiger partial charge >= 0.3 is 0 Å². The van der Waals surface area contributed by atoms with Crippen LogP contribution in [0.3, 0.4) is 0 Å². The third-order valence-electron chi connectivity index (χ3n) is 4.60. The van der Waals surface area contributed by atoms with Crippen LogP contribution in [-0.2, 0) is 4.79 Å². The molecule has 0 aromatic carbocycles. The first-order chi connectivity index (χ1) is 8.60. The normalized spacial score (nSPS) is 24.9. The molecule has 0 bridgehead atoms. The van der Waals surface area contributed by atoms with Gasteiger partial charge in [-0.2, -0.15) is 0 Å². The topological polar surface area (TPSA) is 75.3 Å². The van der Waals surface area contributed by atoms with Crippen LogP contribution in [0, 0.1) is 11.8 Å². The number of nitrogens with one attached hydrogen (secondary N) is 1. The fraction of sp³-hybridized carbons (Fsp3) is 0.929. The standard InChI is InChI=1S/C14H28N2O2/c1-3-14(4-2,10-17)16-13(18)12-7-5-11(9-15)6-8-12/h11-12,17H,3-10,15H2,1-2H3,(H,16,18). The lowest BCUT2D eigenvalue weighted by molar-refractivity contribution is -0.129. The van der Waals surface area contributed by atoms with Crippen molar-refractivity contribution in [3.05, 3.63) is 0 Å². The molecule has 0 aromatic rings. The average Bonchev–Trinajstić information content (AvgIpc) is 2.45. The molecule has 0 radical (unpaired) electrons. The van der Waals surface area contributed by atoms with Gasteiger partial charge in [0.1, 0.15) is 0 Å². The Kier molecular flexibility index (Phi) is 6.09. The lowest BCUT2D eigenvalue weighted by atomic mass is 9.81. The Morgan fingerprint density at radius 1 is 1.28 bits per heavy atom. The number of aliphatic hydroxyl groups is 1. The van der Waals surface area contributed by atoms with E-state index in [0.717, 1.165) is 45.1 Å². The van der Waals surface area contributed by atoms with Crippen molar-refractivity contribution in [1.29, 1.82) is 0 Å². The summed E-state index contributed by atoms with van der Waals surface area (Å²) in [6, 6.07) is 0. The van der Waals surface area contributed by atoms with E-state index in [1.165, 1.54) is 0 Å². The van der Waals surface area contributed by atoms with E-state index in [0.29, 0.717) is 5.92 Å². The molecule has 1 fully saturated rings. The van der Waals surface area contributed by atoms with Crippen molar-refractivity contribution in [2.75, 3.05) is 13.2 Å². The zero-order valence-electron chi connectivity index (χ0n) is 11.7. The smallest absolute Gasteiger partial charge is 0.223 e. The lowest BCUT2D eigenvalue weighted by Gasteiger charge is -2.34. The van der Waals surface area contributed by atoms with Crippen LogP contribution in [0.15, 0.2) is 0 Å². The zero-order valence-corrected chi connectivity index (χ0v) is 11.7. The second-order valence-electron chi connectivity index (χ2n) is 5.59. The number of nitrogens with two attached hydrogens (primary N) is 1. The molecule has 0 unspecified atom stereocenters. The summed E-state index contributed by atoms with van der Waals surface area (Å²) in [7, 11) is 0. The van der Waals surface area contributed by atoms with Gasteiger partial charge in [0.2, 0.25) is 5.91 Å². The van der Waals surface area contributed by atoms with E-state index in [9.17, 15) is 9.90 Å². The van der Waals surface area contributed by atoms with Crippen LogP contribution in [0.1, 0.15) is 52.4 Å². The molecule has 0 saturated heterocycles. The highest BCUT2D eigenvalue weighted by molar-refractivity contribution is 5.79. The maximum absolute atomic E-state index is 12.2. The Morgan fingerprint density at radius 2 is 1.83 bits per heavy atom. The molecular formula is C14H28N2O2. The summed E-state index contributed by atoms with van der Waals surface area (Å²) in [5.41, 5.74) is 5.23. The number of carbonyl (C=O) groups is 1. The molecule has 18 heavy (non-hydrogen) atoms. The van der Waals surface area contributed by atoms with Gasteiger partial charge in [-0.1, -0.05) is 13.8 Å². The van der Waals surface area contributed by atoms with Gasteiger partial charge in [0.25, 0.3) is 0 Å². The highest BCUT2D eigenvalue weighted by atomic mass is 16.3. The fourth-order valence-corrected chi connectivity index (χ4v) is 2.71. The van der Waals surface area contributed by atoms with Crippen LogP contribution in [0.2, 0.25) is 0 Å². The fourth-order valence-electron chi connectivity index (χ4n) is 2.71. The first kappa shape index (κ1) is 15.4. The SMILES string of the molecule is CCC(CC)(CO)NC(=O)C1CCC(CN)CC1. The summed E-state index contributed by atoms with van der Waals surface area (Å²) in [5, 5.41) is 12.5. The van der Waals surface area contributed by atoms with Crippen molar-refractivity contribution >= 4 is 5.91 Å². The van der Waals surface area contributed by atoms with E-state index < -0.39 is 5.54 Å². The second-order valence-corrected chi connectivity index (χ2v) is 5.59. The van der Waals surface area contributed by atoms with E-state index in [4.69, 9.17) is 5.73 Å². The number of hydrogen-bond acceptors (Lipinski definition) is 3. The molecule has 1 saturated carbocycles. The van der Waals surface area contributed by atoms with Crippen molar-refractivity contribution in [1.82, 2.24) is 5.32 Å². The number of aliphatic hydroxyl groups excluding tert-OH is 1. The quantitative estimate of drug-likeness (QED) is 0.673. The van der Waals surface area contributed by atoms with Crippen LogP contribution in [0.5, 0.6) is 0 Å². The van der Waals surface area contributed by atoms with Crippen molar-refractivity contribution in [2.45, 2.75) is 57.9 Å². The van der Waals surface area contributed by atoms with Crippen molar-refractivity contribution < 1.29 is 9.90 Å². The Labute approximate surface area is 110 Å². The molecule has 0 heterocycles. The molecule has 0 spiro atoms. The third-order valence-corrected chi connectivity index (χ3v) is 4.60. The molecule has 1 aliphatic rings. The molecule has 4 N–H and O–H groups in total. The van der Waals surface area contributed by atoms with E-state index in [-0.39, 0.29) is 18.4 Å². The number of carbonyl (C=O) groups excluding carboxylic acids is 1. The lowest BCUT2D eigenvalue weighted by Crippen LogP contribution is -2.52. The van der Waals surface area contributed by atoms with E-state index in [2.05, 4.69) is 5.32 Å². The highest BCUT2D eigenvalue weighted by Gasteiger charge is 2.32. The van der Waals surface area contributed by atoms with E-state index in [1.807, 2.05) is 13.8 Å². The highest BCUT2D eigenvalue weighted by Crippen LogP contribution is 2.29. The van der Waals surface area contributed by atoms with E-state index in [1.54, 1.807) is 0 Å². The summed E-state index contributed by atoms with van der Waals surface area (Å²) in [4.78, 5) is 12.2. The average molecular weight is 256 g/mol. The van der Waals surface area contributed by atoms with Crippen LogP contribution < -0.4 is 11.1 Å². The van der Waals surface area contributed by atoms with Crippen LogP contribution in [0.25, 0.3) is 0 Å². The molecule has 4 nitrogen and oxygen atoms in total. The van der Waals surface area contributed by atoms with Gasteiger partial charge in [-0.25, -0.2) is 0 Å². The number of amides is 1. The molecular weight excluding hydrogens is 228 g/mol. The maximum Gasteiger partial charge on any atom is 0.223 e. The van der Waals surface area contributed by atoms with Gasteiger partial charge in [0.05, 0.1) is 12.1 Å². The summed E-state index contributed by atoms with van der Waals surface area (Å²) < 4.78 is 0. The minimum atomic E-state index is -0.429. The van der Waals surface area contributed by atoms with Crippen molar-refractivity contribution in [3.8, 4) is 0 Å². The van der Waals surface area contributed by atoms with Gasteiger partial charge in [0, 0.05) is 5.92 Å². The second kappa shape index (κ2) is 7.10. The predicted molar refractivity (Wildman–Crippen MR) is 73.0 cm³/mol. The van der Waals surface area contributed by atoms with Crippen LogP contribution in [0.4, 0.5) is 0 Å². The van der Waals surface area contributed by atoms with Crippen molar-refractivity contribution in [3.63, 3.8) is 0 Å². The minimum absolute atomic E-state index is 0.0177. The number of rotatable bonds is 6. The summed E-state index contributed by atoms with van der Waals surface area (Å²) in [6.45, 7) is 4.76. The van der Waals surface area contributed by atoms with Gasteiger partial charge < -0.3 is 16.2 Å². The van der Waals surface area contributed by atoms with Gasteiger partial charge in [-0.3, -0.25) is 4.79 Å². The molecule has 4 heteroatoms. The molecule has 106 valence electrons. The van der Waals surface area contributed by atoms with Crippen molar-refractivity contribution in [2.24, 2.45) is 17.6 Å². The molecule has 0 atom stereocenters. The van der Waals surface area contributed by atoms with Crippen LogP contribution in [-0.4, -0.2) is 29.7 Å². The number of hydrogen-bond donors (Lipinski definition) is 3. The Bertz CT molecular complexity index is 248. The Morgan fingerprint density at radius 3 is 2.22 bits per heavy atom. The Hall–Kier alpha value is -0.610. The maximum atomic E-state index is 12.2. The van der Waals surface area contributed by atoms with Gasteiger partial charge in [-0.15, -0.1) is 0 Å². The van der Waals surface area contributed by atoms with Gasteiger partial charge in [-0.05, 0) is 51.0 Å². The molecule has 0 aliphatic heterocycles. The first-order valence-corrected chi connectivity index (χ1v) is 7.23. The van der Waals surface area contributed by atoms with Gasteiger partial charge in [0.15, 0.2) is 0 Å². The molecule has 1 amide bonds. The third kappa shape index (κ3) is 3.69. The summed E-state index contributed by atoms with van der Waals surface area (Å²) in [5.74, 6) is 0.814. The minimum Gasteiger partial charge on any atom is -0.394 e. The summed E-state index contributed by atoms with van der Waals surface area (Å²) >= 11 is 0. The predicted octanol–water partition coefficient (Wildman–Crippen LogP) is 1.42.